The molecule has 0 aliphatic carbocycles. The minimum atomic E-state index is -0.778. The molecule has 2 amide bonds. The largest absolute Gasteiger partial charge is 0.481 e. The molecule has 2 aromatic rings. The quantitative estimate of drug-likeness (QED) is 0.856. The summed E-state index contributed by atoms with van der Waals surface area (Å²) in [6.45, 7) is 2.45. The Labute approximate surface area is 162 Å². The summed E-state index contributed by atoms with van der Waals surface area (Å²) in [5.41, 5.74) is 0.0575. The van der Waals surface area contributed by atoms with Crippen molar-refractivity contribution in [1.29, 1.82) is 0 Å². The Hall–Kier alpha value is -2.96. The lowest BCUT2D eigenvalue weighted by Crippen LogP contribution is -2.49. The average molecular weight is 388 g/mol. The lowest BCUT2D eigenvalue weighted by atomic mass is 10.0. The molecule has 0 spiro atoms. The highest BCUT2D eigenvalue weighted by Crippen LogP contribution is 2.17. The van der Waals surface area contributed by atoms with Gasteiger partial charge in [0.1, 0.15) is 17.4 Å². The number of amides is 2. The third-order valence-corrected chi connectivity index (χ3v) is 4.71. The van der Waals surface area contributed by atoms with Gasteiger partial charge >= 0.3 is 0 Å². The first kappa shape index (κ1) is 19.8. The number of hydrogen-bond acceptors (Lipinski definition) is 3. The number of hydrogen-bond donors (Lipinski definition) is 1. The first-order chi connectivity index (χ1) is 13.4. The predicted octanol–water partition coefficient (Wildman–Crippen LogP) is 3.15. The summed E-state index contributed by atoms with van der Waals surface area (Å²) >= 11 is 0. The van der Waals surface area contributed by atoms with Crippen molar-refractivity contribution >= 4 is 11.8 Å². The molecule has 7 heteroatoms. The van der Waals surface area contributed by atoms with Gasteiger partial charge in [0, 0.05) is 25.2 Å². The SMILES string of the molecule is CC(Oc1cccc(F)c1)C(=O)NC1CCN(C(=O)c2ccccc2F)CC1. The van der Waals surface area contributed by atoms with E-state index in [4.69, 9.17) is 4.74 Å². The third kappa shape index (κ3) is 4.85. The van der Waals surface area contributed by atoms with Gasteiger partial charge in [-0.1, -0.05) is 18.2 Å². The van der Waals surface area contributed by atoms with Crippen molar-refractivity contribution < 1.29 is 23.1 Å². The number of carbonyl (C=O) groups is 2. The first-order valence-electron chi connectivity index (χ1n) is 9.20. The van der Waals surface area contributed by atoms with Gasteiger partial charge in [-0.2, -0.15) is 0 Å². The molecule has 5 nitrogen and oxygen atoms in total. The zero-order chi connectivity index (χ0) is 20.1. The number of benzene rings is 2. The maximum Gasteiger partial charge on any atom is 0.260 e. The van der Waals surface area contributed by atoms with Crippen molar-refractivity contribution in [2.45, 2.75) is 31.9 Å². The van der Waals surface area contributed by atoms with Gasteiger partial charge in [-0.3, -0.25) is 9.59 Å². The van der Waals surface area contributed by atoms with E-state index in [0.717, 1.165) is 0 Å². The Morgan fingerprint density at radius 3 is 2.50 bits per heavy atom. The van der Waals surface area contributed by atoms with Gasteiger partial charge in [0.15, 0.2) is 6.10 Å². The minimum Gasteiger partial charge on any atom is -0.481 e. The molecule has 1 unspecified atom stereocenters. The summed E-state index contributed by atoms with van der Waals surface area (Å²) in [6, 6.07) is 11.4. The summed E-state index contributed by atoms with van der Waals surface area (Å²) in [5.74, 6) is -1.33. The predicted molar refractivity (Wildman–Crippen MR) is 100.0 cm³/mol. The summed E-state index contributed by atoms with van der Waals surface area (Å²) in [7, 11) is 0. The third-order valence-electron chi connectivity index (χ3n) is 4.71. The van der Waals surface area contributed by atoms with Crippen molar-refractivity contribution in [3.63, 3.8) is 0 Å². The van der Waals surface area contributed by atoms with Gasteiger partial charge in [0.25, 0.3) is 11.8 Å². The highest BCUT2D eigenvalue weighted by atomic mass is 19.1. The fourth-order valence-electron chi connectivity index (χ4n) is 3.15. The first-order valence-corrected chi connectivity index (χ1v) is 9.20. The number of halogens is 2. The van der Waals surface area contributed by atoms with Crippen LogP contribution in [0.3, 0.4) is 0 Å². The molecule has 3 rings (SSSR count). The second-order valence-corrected chi connectivity index (χ2v) is 6.77. The van der Waals surface area contributed by atoms with Crippen LogP contribution in [0.25, 0.3) is 0 Å². The Morgan fingerprint density at radius 2 is 1.82 bits per heavy atom. The summed E-state index contributed by atoms with van der Waals surface area (Å²) in [4.78, 5) is 26.3. The average Bonchev–Trinajstić information content (AvgIpc) is 2.68. The molecule has 148 valence electrons. The number of likely N-dealkylation sites (tertiary alicyclic amines) is 1. The maximum atomic E-state index is 13.8. The Morgan fingerprint density at radius 1 is 1.11 bits per heavy atom. The van der Waals surface area contributed by atoms with Crippen LogP contribution in [0.15, 0.2) is 48.5 Å². The van der Waals surface area contributed by atoms with E-state index >= 15 is 0 Å². The molecule has 1 aliphatic rings. The molecule has 0 saturated carbocycles. The van der Waals surface area contributed by atoms with Crippen LogP contribution in [0.2, 0.25) is 0 Å². The fourth-order valence-corrected chi connectivity index (χ4v) is 3.15. The van der Waals surface area contributed by atoms with Gasteiger partial charge in [0.2, 0.25) is 0 Å². The highest BCUT2D eigenvalue weighted by molar-refractivity contribution is 5.94. The van der Waals surface area contributed by atoms with E-state index in [1.165, 1.54) is 30.3 Å². The second-order valence-electron chi connectivity index (χ2n) is 6.77. The van der Waals surface area contributed by atoms with E-state index in [2.05, 4.69) is 5.32 Å². The van der Waals surface area contributed by atoms with Crippen molar-refractivity contribution in [1.82, 2.24) is 10.2 Å². The van der Waals surface area contributed by atoms with Gasteiger partial charge in [-0.25, -0.2) is 8.78 Å². The minimum absolute atomic E-state index is 0.0575. The zero-order valence-corrected chi connectivity index (χ0v) is 15.5. The lowest BCUT2D eigenvalue weighted by molar-refractivity contribution is -0.128. The van der Waals surface area contributed by atoms with E-state index in [0.29, 0.717) is 25.9 Å². The van der Waals surface area contributed by atoms with Crippen LogP contribution in [-0.2, 0) is 4.79 Å². The molecule has 0 bridgehead atoms. The van der Waals surface area contributed by atoms with Crippen LogP contribution in [-0.4, -0.2) is 41.9 Å². The molecule has 1 atom stereocenters. The van der Waals surface area contributed by atoms with Crippen LogP contribution in [0.1, 0.15) is 30.1 Å². The molecule has 1 saturated heterocycles. The fraction of sp³-hybridized carbons (Fsp3) is 0.333. The molecular weight excluding hydrogens is 366 g/mol. The van der Waals surface area contributed by atoms with Crippen molar-refractivity contribution in [3.8, 4) is 5.75 Å². The van der Waals surface area contributed by atoms with Crippen LogP contribution in [0.5, 0.6) is 5.75 Å². The molecule has 2 aromatic carbocycles. The molecule has 1 heterocycles. The van der Waals surface area contributed by atoms with Crippen LogP contribution in [0.4, 0.5) is 8.78 Å². The topological polar surface area (TPSA) is 58.6 Å². The summed E-state index contributed by atoms with van der Waals surface area (Å²) < 4.78 is 32.5. The van der Waals surface area contributed by atoms with Crippen molar-refractivity contribution in [3.05, 3.63) is 65.7 Å². The van der Waals surface area contributed by atoms with E-state index in [1.54, 1.807) is 30.0 Å². The number of carbonyl (C=O) groups excluding carboxylic acids is 2. The van der Waals surface area contributed by atoms with Crippen LogP contribution >= 0.6 is 0 Å². The zero-order valence-electron chi connectivity index (χ0n) is 15.5. The smallest absolute Gasteiger partial charge is 0.260 e. The second kappa shape index (κ2) is 8.82. The molecule has 1 aliphatic heterocycles. The van der Waals surface area contributed by atoms with E-state index < -0.39 is 17.7 Å². The van der Waals surface area contributed by atoms with Crippen molar-refractivity contribution in [2.75, 3.05) is 13.1 Å². The number of piperidine rings is 1. The Balaban J connectivity index is 1.49. The van der Waals surface area contributed by atoms with Crippen LogP contribution in [0, 0.1) is 11.6 Å². The van der Waals surface area contributed by atoms with Gasteiger partial charge in [0.05, 0.1) is 5.56 Å². The van der Waals surface area contributed by atoms with Gasteiger partial charge in [-0.15, -0.1) is 0 Å². The number of nitrogens with zero attached hydrogens (tertiary/aromatic N) is 1. The molecule has 1 fully saturated rings. The lowest BCUT2D eigenvalue weighted by Gasteiger charge is -2.33. The standard InChI is InChI=1S/C21H22F2N2O3/c1-14(28-17-6-4-5-15(22)13-17)20(26)24-16-9-11-25(12-10-16)21(27)18-7-2-3-8-19(18)23/h2-8,13-14,16H,9-12H2,1H3,(H,24,26). The van der Waals surface area contributed by atoms with Gasteiger partial charge < -0.3 is 15.0 Å². The Bertz CT molecular complexity index is 851. The monoisotopic (exact) mass is 388 g/mol. The highest BCUT2D eigenvalue weighted by Gasteiger charge is 2.27. The van der Waals surface area contributed by atoms with Crippen molar-refractivity contribution in [2.24, 2.45) is 0 Å². The van der Waals surface area contributed by atoms with E-state index in [9.17, 15) is 18.4 Å². The Kier molecular flexibility index (Phi) is 6.23. The molecular formula is C21H22F2N2O3. The number of nitrogens with one attached hydrogen (secondary N) is 1. The van der Waals surface area contributed by atoms with Crippen LogP contribution < -0.4 is 10.1 Å². The molecule has 0 radical (unpaired) electrons. The molecule has 0 aromatic heterocycles. The number of rotatable bonds is 5. The summed E-state index contributed by atoms with van der Waals surface area (Å²) in [6.07, 6.45) is 0.358. The van der Waals surface area contributed by atoms with E-state index in [-0.39, 0.29) is 29.2 Å². The van der Waals surface area contributed by atoms with E-state index in [1.807, 2.05) is 0 Å². The summed E-state index contributed by atoms with van der Waals surface area (Å²) in [5, 5.41) is 2.89. The normalized spacial score (nSPS) is 15.8. The molecule has 28 heavy (non-hydrogen) atoms. The molecule has 1 N–H and O–H groups in total. The maximum absolute atomic E-state index is 13.8. The van der Waals surface area contributed by atoms with Gasteiger partial charge in [-0.05, 0) is 44.0 Å². The number of ether oxygens (including phenoxy) is 1.